The third-order valence-electron chi connectivity index (χ3n) is 1.37. The number of benzene rings is 1. The van der Waals surface area contributed by atoms with E-state index in [4.69, 9.17) is 15.2 Å². The highest BCUT2D eigenvalue weighted by molar-refractivity contribution is 5.57. The highest BCUT2D eigenvalue weighted by atomic mass is 16.8. The van der Waals surface area contributed by atoms with Gasteiger partial charge in [0.15, 0.2) is 0 Å². The molecule has 1 aromatic rings. The molecule has 0 unspecified atom stereocenters. The minimum Gasteiger partial charge on any atom is -0.872 e. The van der Waals surface area contributed by atoms with Crippen molar-refractivity contribution in [3.8, 4) is 11.5 Å². The van der Waals surface area contributed by atoms with Gasteiger partial charge in [0.25, 0.3) is 0 Å². The van der Waals surface area contributed by atoms with Crippen molar-refractivity contribution in [3.05, 3.63) is 18.2 Å². The Labute approximate surface area is 69.0 Å². The Morgan fingerprint density at radius 2 is 2.08 bits per heavy atom. The van der Waals surface area contributed by atoms with Crippen LogP contribution in [0, 0.1) is 0 Å². The van der Waals surface area contributed by atoms with E-state index in [1.54, 1.807) is 0 Å². The summed E-state index contributed by atoms with van der Waals surface area (Å²) in [5.74, 6) is -0.0986. The number of ether oxygens (including phenoxy) is 1. The Hall–Kier alpha value is -1.46. The number of methoxy groups -OCH3 is 1. The molecule has 0 aliphatic carbocycles. The van der Waals surface area contributed by atoms with Gasteiger partial charge in [-0.1, -0.05) is 6.07 Å². The van der Waals surface area contributed by atoms with Gasteiger partial charge in [-0.05, 0) is 12.1 Å². The molecule has 1 aromatic carbocycles. The lowest BCUT2D eigenvalue weighted by Crippen LogP contribution is -2.12. The average molecular weight is 170 g/mol. The predicted molar refractivity (Wildman–Crippen MR) is 38.5 cm³/mol. The summed E-state index contributed by atoms with van der Waals surface area (Å²) in [6, 6.07) is 3.68. The van der Waals surface area contributed by atoms with Crippen LogP contribution in [0.1, 0.15) is 0 Å². The summed E-state index contributed by atoms with van der Waals surface area (Å²) in [5, 5.41) is 27.9. The van der Waals surface area contributed by atoms with Crippen molar-refractivity contribution in [1.29, 1.82) is 0 Å². The van der Waals surface area contributed by atoms with E-state index in [2.05, 4.69) is 0 Å². The molecule has 1 rings (SSSR count). The van der Waals surface area contributed by atoms with Crippen molar-refractivity contribution >= 4 is 5.69 Å². The summed E-state index contributed by atoms with van der Waals surface area (Å²) in [7, 11) is 1.37. The minimum atomic E-state index is -0.320. The number of hydrogen-bond donors (Lipinski definition) is 2. The zero-order valence-corrected chi connectivity index (χ0v) is 6.39. The summed E-state index contributed by atoms with van der Waals surface area (Å²) < 4.78 is 4.76. The largest absolute Gasteiger partial charge is 0.872 e. The first-order chi connectivity index (χ1) is 5.65. The second-order valence-corrected chi connectivity index (χ2v) is 2.12. The van der Waals surface area contributed by atoms with Gasteiger partial charge in [0.2, 0.25) is 0 Å². The first kappa shape index (κ1) is 8.63. The van der Waals surface area contributed by atoms with Gasteiger partial charge in [-0.3, -0.25) is 10.4 Å². The van der Waals surface area contributed by atoms with Crippen LogP contribution in [0.5, 0.6) is 11.5 Å². The molecular formula is C7H8NO4-. The molecule has 0 aromatic heterocycles. The monoisotopic (exact) mass is 170 g/mol. The van der Waals surface area contributed by atoms with Crippen LogP contribution in [-0.2, 0) is 0 Å². The van der Waals surface area contributed by atoms with E-state index in [1.165, 1.54) is 19.2 Å². The Morgan fingerprint density at radius 1 is 1.42 bits per heavy atom. The lowest BCUT2D eigenvalue weighted by atomic mass is 10.3. The summed E-state index contributed by atoms with van der Waals surface area (Å²) in [4.78, 5) is 0. The predicted octanol–water partition coefficient (Wildman–Crippen LogP) is 0.354. The van der Waals surface area contributed by atoms with Crippen LogP contribution in [0.3, 0.4) is 0 Å². The van der Waals surface area contributed by atoms with Crippen LogP contribution in [0.25, 0.3) is 0 Å². The third-order valence-corrected chi connectivity index (χ3v) is 1.37. The molecule has 0 atom stereocenters. The fraction of sp³-hybridized carbons (Fsp3) is 0.143. The Kier molecular flexibility index (Phi) is 2.37. The summed E-state index contributed by atoms with van der Waals surface area (Å²) >= 11 is 0. The van der Waals surface area contributed by atoms with Crippen LogP contribution < -0.4 is 15.1 Å². The van der Waals surface area contributed by atoms with Crippen molar-refractivity contribution in [2.24, 2.45) is 0 Å². The van der Waals surface area contributed by atoms with E-state index >= 15 is 0 Å². The van der Waals surface area contributed by atoms with Crippen LogP contribution in [0.15, 0.2) is 18.2 Å². The molecule has 12 heavy (non-hydrogen) atoms. The highest BCUT2D eigenvalue weighted by Crippen LogP contribution is 2.28. The molecule has 0 bridgehead atoms. The standard InChI is InChI=1S/C7H9NO4/c1-12-7-3-2-5(9)4-6(7)8(10)11/h2-4,9-11H,1H3/p-1. The molecule has 0 fully saturated rings. The molecule has 0 aliphatic heterocycles. The maximum absolute atomic E-state index is 10.8. The fourth-order valence-electron chi connectivity index (χ4n) is 0.826. The van der Waals surface area contributed by atoms with Crippen LogP contribution in [-0.4, -0.2) is 17.5 Å². The fourth-order valence-corrected chi connectivity index (χ4v) is 0.826. The summed E-state index contributed by atoms with van der Waals surface area (Å²) in [6.45, 7) is 0. The van der Waals surface area contributed by atoms with Crippen molar-refractivity contribution < 1.29 is 20.3 Å². The Morgan fingerprint density at radius 3 is 2.58 bits per heavy atom. The Balaban J connectivity index is 3.12. The molecule has 0 spiro atoms. The van der Waals surface area contributed by atoms with Crippen LogP contribution in [0.4, 0.5) is 5.69 Å². The second kappa shape index (κ2) is 3.29. The van der Waals surface area contributed by atoms with Gasteiger partial charge in [-0.15, -0.1) is 11.0 Å². The number of hydrogen-bond acceptors (Lipinski definition) is 5. The van der Waals surface area contributed by atoms with E-state index < -0.39 is 0 Å². The van der Waals surface area contributed by atoms with Gasteiger partial charge in [-0.2, -0.15) is 0 Å². The van der Waals surface area contributed by atoms with Gasteiger partial charge in [0, 0.05) is 0 Å². The second-order valence-electron chi connectivity index (χ2n) is 2.12. The van der Waals surface area contributed by atoms with Crippen molar-refractivity contribution in [3.63, 3.8) is 0 Å². The van der Waals surface area contributed by atoms with Gasteiger partial charge >= 0.3 is 0 Å². The van der Waals surface area contributed by atoms with Gasteiger partial charge < -0.3 is 9.84 Å². The topological polar surface area (TPSA) is 76.0 Å². The number of rotatable bonds is 2. The van der Waals surface area contributed by atoms with Crippen LogP contribution in [0.2, 0.25) is 0 Å². The van der Waals surface area contributed by atoms with Gasteiger partial charge in [0.1, 0.15) is 11.4 Å². The average Bonchev–Trinajstić information content (AvgIpc) is 2.04. The summed E-state index contributed by atoms with van der Waals surface area (Å²) in [5.41, 5.74) is -0.0787. The Bertz CT molecular complexity index is 274. The zero-order chi connectivity index (χ0) is 9.14. The normalized spacial score (nSPS) is 9.58. The molecule has 2 N–H and O–H groups in total. The van der Waals surface area contributed by atoms with Gasteiger partial charge in [0.05, 0.1) is 7.11 Å². The maximum atomic E-state index is 10.8. The zero-order valence-electron chi connectivity index (χ0n) is 6.39. The minimum absolute atomic E-state index is 0.0787. The smallest absolute Gasteiger partial charge is 0.147 e. The lowest BCUT2D eigenvalue weighted by molar-refractivity contribution is -0.268. The summed E-state index contributed by atoms with van der Waals surface area (Å²) in [6.07, 6.45) is 0. The SMILES string of the molecule is COc1ccc([O-])cc1N(O)O. The molecule has 0 saturated carbocycles. The maximum Gasteiger partial charge on any atom is 0.147 e. The van der Waals surface area contributed by atoms with E-state index in [1.807, 2.05) is 0 Å². The first-order valence-electron chi connectivity index (χ1n) is 3.18. The first-order valence-corrected chi connectivity index (χ1v) is 3.18. The quantitative estimate of drug-likeness (QED) is 0.626. The van der Waals surface area contributed by atoms with Crippen molar-refractivity contribution in [1.82, 2.24) is 0 Å². The number of anilines is 1. The molecule has 5 heteroatoms. The molecule has 5 nitrogen and oxygen atoms in total. The van der Waals surface area contributed by atoms with Crippen molar-refractivity contribution in [2.45, 2.75) is 0 Å². The molecule has 0 aliphatic rings. The van der Waals surface area contributed by atoms with E-state index in [0.717, 1.165) is 6.07 Å². The highest BCUT2D eigenvalue weighted by Gasteiger charge is 2.05. The molecule has 0 saturated heterocycles. The number of nitrogens with zero attached hydrogens (tertiary/aromatic N) is 1. The third kappa shape index (κ3) is 1.58. The molecular weight excluding hydrogens is 162 g/mol. The molecule has 0 radical (unpaired) electrons. The van der Waals surface area contributed by atoms with Gasteiger partial charge in [-0.25, -0.2) is 0 Å². The van der Waals surface area contributed by atoms with E-state index in [9.17, 15) is 5.11 Å². The van der Waals surface area contributed by atoms with E-state index in [0.29, 0.717) is 0 Å². The van der Waals surface area contributed by atoms with E-state index in [-0.39, 0.29) is 22.4 Å². The molecule has 0 heterocycles. The lowest BCUT2D eigenvalue weighted by Gasteiger charge is -2.15. The molecule has 66 valence electrons. The van der Waals surface area contributed by atoms with Crippen LogP contribution >= 0.6 is 0 Å². The molecule has 0 amide bonds. The van der Waals surface area contributed by atoms with Crippen molar-refractivity contribution in [2.75, 3.05) is 12.3 Å².